The Kier molecular flexibility index (Phi) is 4.48. The predicted octanol–water partition coefficient (Wildman–Crippen LogP) is 2.59. The molecule has 0 atom stereocenters. The van der Waals surface area contributed by atoms with Crippen molar-refractivity contribution in [2.75, 3.05) is 22.5 Å². The zero-order valence-corrected chi connectivity index (χ0v) is 15.4. The van der Waals surface area contributed by atoms with Crippen molar-refractivity contribution < 1.29 is 4.79 Å². The van der Waals surface area contributed by atoms with Crippen LogP contribution in [0.15, 0.2) is 35.5 Å². The number of carbonyl (C=O) groups excluding carboxylic acids is 1. The first-order valence-electron chi connectivity index (χ1n) is 7.99. The minimum Gasteiger partial charge on any atom is -0.383 e. The summed E-state index contributed by atoms with van der Waals surface area (Å²) in [6.07, 6.45) is 1.95. The summed E-state index contributed by atoms with van der Waals surface area (Å²) in [5.74, 6) is 0.557. The zero-order valence-electron chi connectivity index (χ0n) is 13.7. The van der Waals surface area contributed by atoms with Gasteiger partial charge in [-0.25, -0.2) is 15.0 Å². The molecular formula is C17H16N6OS2. The summed E-state index contributed by atoms with van der Waals surface area (Å²) in [6.45, 7) is 0. The van der Waals surface area contributed by atoms with Gasteiger partial charge in [-0.15, -0.1) is 11.3 Å². The van der Waals surface area contributed by atoms with E-state index in [9.17, 15) is 4.79 Å². The van der Waals surface area contributed by atoms with Crippen LogP contribution in [0.2, 0.25) is 0 Å². The number of amides is 1. The minimum absolute atomic E-state index is 0.156. The molecule has 132 valence electrons. The normalized spacial score (nSPS) is 12.3. The number of fused-ring (bicyclic) bond motifs is 3. The van der Waals surface area contributed by atoms with Crippen molar-refractivity contribution in [2.24, 2.45) is 0 Å². The molecule has 0 saturated heterocycles. The first kappa shape index (κ1) is 16.8. The van der Waals surface area contributed by atoms with Crippen LogP contribution in [0.4, 0.5) is 16.8 Å². The average Bonchev–Trinajstić information content (AvgIpc) is 3.02. The highest BCUT2D eigenvalue weighted by Crippen LogP contribution is 2.37. The molecule has 2 aromatic heterocycles. The van der Waals surface area contributed by atoms with E-state index in [-0.39, 0.29) is 23.3 Å². The van der Waals surface area contributed by atoms with E-state index in [1.54, 1.807) is 0 Å². The number of aromatic nitrogens is 3. The molecule has 0 radical (unpaired) electrons. The summed E-state index contributed by atoms with van der Waals surface area (Å²) in [4.78, 5) is 26.2. The first-order valence-corrected chi connectivity index (χ1v) is 9.79. The van der Waals surface area contributed by atoms with Crippen LogP contribution in [0, 0.1) is 0 Å². The third-order valence-electron chi connectivity index (χ3n) is 3.92. The second-order valence-electron chi connectivity index (χ2n) is 5.79. The van der Waals surface area contributed by atoms with E-state index in [1.807, 2.05) is 12.1 Å². The third kappa shape index (κ3) is 3.49. The molecule has 9 heteroatoms. The molecule has 0 unspecified atom stereocenters. The Morgan fingerprint density at radius 3 is 2.73 bits per heavy atom. The monoisotopic (exact) mass is 384 g/mol. The Labute approximate surface area is 158 Å². The highest BCUT2D eigenvalue weighted by molar-refractivity contribution is 7.99. The molecule has 1 amide bonds. The minimum atomic E-state index is -0.168. The van der Waals surface area contributed by atoms with Crippen LogP contribution in [-0.2, 0) is 17.6 Å². The first-order chi connectivity index (χ1) is 12.6. The molecule has 5 N–H and O–H groups in total. The van der Waals surface area contributed by atoms with Crippen LogP contribution in [-0.4, -0.2) is 26.6 Å². The number of anilines is 3. The van der Waals surface area contributed by atoms with Gasteiger partial charge in [-0.3, -0.25) is 4.79 Å². The topological polar surface area (TPSA) is 120 Å². The van der Waals surface area contributed by atoms with E-state index in [1.165, 1.54) is 39.6 Å². The molecule has 3 aromatic rings. The fraction of sp³-hybridized carbons (Fsp3) is 0.176. The zero-order chi connectivity index (χ0) is 18.1. The van der Waals surface area contributed by atoms with Gasteiger partial charge in [-0.05, 0) is 18.4 Å². The standard InChI is InChI=1S/C17H16N6OS2/c18-12-7-13(19)21-16(20-12)25-8-14(24)22-17-23-15-10-4-2-1-3-9(10)5-6-11(15)26-17/h1-4,7H,5-6,8H2,(H,22,23,24)(H4,18,19,20,21). The van der Waals surface area contributed by atoms with Crippen LogP contribution >= 0.6 is 23.1 Å². The SMILES string of the molecule is Nc1cc(N)nc(SCC(=O)Nc2nc3c(s2)CCc2ccccc2-3)n1. The van der Waals surface area contributed by atoms with Gasteiger partial charge in [0.15, 0.2) is 10.3 Å². The number of thioether (sulfide) groups is 1. The number of carbonyl (C=O) groups is 1. The van der Waals surface area contributed by atoms with Gasteiger partial charge in [-0.1, -0.05) is 36.0 Å². The number of aryl methyl sites for hydroxylation is 2. The van der Waals surface area contributed by atoms with Crippen molar-refractivity contribution >= 4 is 45.8 Å². The molecule has 1 aliphatic carbocycles. The number of nitrogens with zero attached hydrogens (tertiary/aromatic N) is 3. The Bertz CT molecular complexity index is 967. The molecular weight excluding hydrogens is 368 g/mol. The van der Waals surface area contributed by atoms with Crippen molar-refractivity contribution in [1.29, 1.82) is 0 Å². The maximum Gasteiger partial charge on any atom is 0.236 e. The lowest BCUT2D eigenvalue weighted by molar-refractivity contribution is -0.113. The summed E-state index contributed by atoms with van der Waals surface area (Å²) in [5, 5.41) is 3.85. The molecule has 26 heavy (non-hydrogen) atoms. The number of rotatable bonds is 4. The van der Waals surface area contributed by atoms with Gasteiger partial charge >= 0.3 is 0 Å². The van der Waals surface area contributed by atoms with Crippen molar-refractivity contribution in [3.63, 3.8) is 0 Å². The van der Waals surface area contributed by atoms with Crippen molar-refractivity contribution in [3.05, 3.63) is 40.8 Å². The Morgan fingerprint density at radius 1 is 1.15 bits per heavy atom. The van der Waals surface area contributed by atoms with Gasteiger partial charge in [0.1, 0.15) is 11.6 Å². The number of nitrogens with one attached hydrogen (secondary N) is 1. The molecule has 0 fully saturated rings. The number of nitrogens with two attached hydrogens (primary N) is 2. The molecule has 2 heterocycles. The Morgan fingerprint density at radius 2 is 1.92 bits per heavy atom. The highest BCUT2D eigenvalue weighted by atomic mass is 32.2. The number of hydrogen-bond acceptors (Lipinski definition) is 8. The quantitative estimate of drug-likeness (QED) is 0.467. The lowest BCUT2D eigenvalue weighted by Crippen LogP contribution is -2.14. The summed E-state index contributed by atoms with van der Waals surface area (Å²) in [5.41, 5.74) is 14.7. The maximum atomic E-state index is 12.2. The second kappa shape index (κ2) is 6.93. The van der Waals surface area contributed by atoms with Gasteiger partial charge in [0.05, 0.1) is 11.4 Å². The number of thiazole rings is 1. The van der Waals surface area contributed by atoms with E-state index in [2.05, 4.69) is 32.4 Å². The van der Waals surface area contributed by atoms with Crippen LogP contribution in [0.1, 0.15) is 10.4 Å². The van der Waals surface area contributed by atoms with Crippen LogP contribution in [0.3, 0.4) is 0 Å². The van der Waals surface area contributed by atoms with Gasteiger partial charge < -0.3 is 16.8 Å². The van der Waals surface area contributed by atoms with E-state index in [0.717, 1.165) is 24.1 Å². The van der Waals surface area contributed by atoms with Gasteiger partial charge in [0, 0.05) is 16.5 Å². The van der Waals surface area contributed by atoms with Gasteiger partial charge in [-0.2, -0.15) is 0 Å². The molecule has 0 bridgehead atoms. The van der Waals surface area contributed by atoms with E-state index >= 15 is 0 Å². The number of hydrogen-bond donors (Lipinski definition) is 3. The van der Waals surface area contributed by atoms with Crippen LogP contribution in [0.25, 0.3) is 11.3 Å². The largest absolute Gasteiger partial charge is 0.383 e. The van der Waals surface area contributed by atoms with Crippen molar-refractivity contribution in [1.82, 2.24) is 15.0 Å². The number of nitrogen functional groups attached to an aromatic ring is 2. The average molecular weight is 384 g/mol. The van der Waals surface area contributed by atoms with Crippen LogP contribution in [0.5, 0.6) is 0 Å². The highest BCUT2D eigenvalue weighted by Gasteiger charge is 2.21. The fourth-order valence-electron chi connectivity index (χ4n) is 2.81. The third-order valence-corrected chi connectivity index (χ3v) is 5.79. The summed E-state index contributed by atoms with van der Waals surface area (Å²) in [7, 11) is 0. The Balaban J connectivity index is 1.44. The lowest BCUT2D eigenvalue weighted by Gasteiger charge is -2.13. The number of benzene rings is 1. The molecule has 4 rings (SSSR count). The summed E-state index contributed by atoms with van der Waals surface area (Å²) in [6, 6.07) is 9.74. The molecule has 0 saturated carbocycles. The predicted molar refractivity (Wildman–Crippen MR) is 105 cm³/mol. The second-order valence-corrected chi connectivity index (χ2v) is 7.81. The fourth-order valence-corrected chi connectivity index (χ4v) is 4.48. The van der Waals surface area contributed by atoms with E-state index < -0.39 is 0 Å². The van der Waals surface area contributed by atoms with Crippen LogP contribution < -0.4 is 16.8 Å². The van der Waals surface area contributed by atoms with E-state index in [4.69, 9.17) is 11.5 Å². The smallest absolute Gasteiger partial charge is 0.236 e. The maximum absolute atomic E-state index is 12.2. The molecule has 1 aromatic carbocycles. The Hall–Kier alpha value is -2.65. The molecule has 7 nitrogen and oxygen atoms in total. The lowest BCUT2D eigenvalue weighted by atomic mass is 9.94. The van der Waals surface area contributed by atoms with Crippen molar-refractivity contribution in [2.45, 2.75) is 18.0 Å². The molecule has 1 aliphatic rings. The summed E-state index contributed by atoms with van der Waals surface area (Å²) >= 11 is 2.71. The van der Waals surface area contributed by atoms with Gasteiger partial charge in [0.2, 0.25) is 5.91 Å². The molecule has 0 aliphatic heterocycles. The summed E-state index contributed by atoms with van der Waals surface area (Å²) < 4.78 is 0. The van der Waals surface area contributed by atoms with E-state index in [0.29, 0.717) is 10.3 Å². The van der Waals surface area contributed by atoms with Gasteiger partial charge in [0.25, 0.3) is 0 Å². The molecule has 0 spiro atoms. The van der Waals surface area contributed by atoms with Crippen molar-refractivity contribution in [3.8, 4) is 11.3 Å².